The van der Waals surface area contributed by atoms with Crippen molar-refractivity contribution < 1.29 is 19.0 Å². The second-order valence-corrected chi connectivity index (χ2v) is 6.25. The van der Waals surface area contributed by atoms with Crippen LogP contribution in [0.25, 0.3) is 6.08 Å². The molecular formula is C21H24ClNO4. The van der Waals surface area contributed by atoms with Crippen molar-refractivity contribution in [1.82, 2.24) is 4.90 Å². The Hall–Kier alpha value is -2.66. The number of ether oxygens (including phenoxy) is 3. The zero-order valence-electron chi connectivity index (χ0n) is 16.0. The van der Waals surface area contributed by atoms with E-state index in [1.54, 1.807) is 37.3 Å². The van der Waals surface area contributed by atoms with Gasteiger partial charge < -0.3 is 19.1 Å². The highest BCUT2D eigenvalue weighted by molar-refractivity contribution is 6.32. The zero-order chi connectivity index (χ0) is 19.8. The summed E-state index contributed by atoms with van der Waals surface area (Å²) in [6.07, 6.45) is 3.22. The predicted octanol–water partition coefficient (Wildman–Crippen LogP) is 4.43. The number of likely N-dealkylation sites (N-methyl/N-ethyl adjacent to an activating group) is 1. The summed E-state index contributed by atoms with van der Waals surface area (Å²) >= 11 is 6.24. The molecule has 0 bridgehead atoms. The van der Waals surface area contributed by atoms with Crippen molar-refractivity contribution >= 4 is 23.6 Å². The van der Waals surface area contributed by atoms with Gasteiger partial charge in [-0.15, -0.1) is 0 Å². The van der Waals surface area contributed by atoms with Crippen LogP contribution in [-0.2, 0) is 11.3 Å². The Morgan fingerprint density at radius 1 is 1.15 bits per heavy atom. The summed E-state index contributed by atoms with van der Waals surface area (Å²) in [4.78, 5) is 14.0. The molecule has 2 aromatic carbocycles. The number of amides is 1. The monoisotopic (exact) mass is 389 g/mol. The highest BCUT2D eigenvalue weighted by Crippen LogP contribution is 2.36. The summed E-state index contributed by atoms with van der Waals surface area (Å²) < 4.78 is 16.0. The van der Waals surface area contributed by atoms with E-state index in [4.69, 9.17) is 25.8 Å². The van der Waals surface area contributed by atoms with Gasteiger partial charge in [0.05, 0.1) is 25.8 Å². The fraction of sp³-hybridized carbons (Fsp3) is 0.286. The molecule has 0 radical (unpaired) electrons. The highest BCUT2D eigenvalue weighted by atomic mass is 35.5. The van der Waals surface area contributed by atoms with Gasteiger partial charge in [0.1, 0.15) is 5.75 Å². The molecule has 0 aliphatic carbocycles. The number of halogens is 1. The van der Waals surface area contributed by atoms with Crippen molar-refractivity contribution in [3.8, 4) is 17.2 Å². The Labute approximate surface area is 165 Å². The van der Waals surface area contributed by atoms with Gasteiger partial charge in [0.25, 0.3) is 0 Å². The van der Waals surface area contributed by atoms with Crippen LogP contribution >= 0.6 is 11.6 Å². The summed E-state index contributed by atoms with van der Waals surface area (Å²) in [6.45, 7) is 2.87. The normalized spacial score (nSPS) is 10.7. The number of carbonyl (C=O) groups excluding carboxylic acids is 1. The molecule has 0 saturated heterocycles. The standard InChI is InChI=1S/C21H24ClNO4/c1-5-27-19-13-16(12-18(22)21(19)26-4)8-11-20(24)23(2)14-15-6-9-17(25-3)10-7-15/h6-13H,5,14H2,1-4H3/b11-8+. The molecule has 2 aromatic rings. The number of rotatable bonds is 8. The summed E-state index contributed by atoms with van der Waals surface area (Å²) in [7, 11) is 4.91. The molecule has 0 heterocycles. The minimum absolute atomic E-state index is 0.115. The number of hydrogen-bond donors (Lipinski definition) is 0. The lowest BCUT2D eigenvalue weighted by Crippen LogP contribution is -2.24. The molecule has 0 aromatic heterocycles. The van der Waals surface area contributed by atoms with Crippen molar-refractivity contribution in [2.75, 3.05) is 27.9 Å². The van der Waals surface area contributed by atoms with Crippen LogP contribution in [0.3, 0.4) is 0 Å². The fourth-order valence-corrected chi connectivity index (χ4v) is 2.82. The van der Waals surface area contributed by atoms with E-state index in [9.17, 15) is 4.79 Å². The highest BCUT2D eigenvalue weighted by Gasteiger charge is 2.11. The van der Waals surface area contributed by atoms with Crippen LogP contribution in [0.15, 0.2) is 42.5 Å². The maximum Gasteiger partial charge on any atom is 0.246 e. The number of carbonyl (C=O) groups is 1. The average Bonchev–Trinajstić information content (AvgIpc) is 2.66. The van der Waals surface area contributed by atoms with Crippen molar-refractivity contribution in [1.29, 1.82) is 0 Å². The first kappa shape index (κ1) is 20.6. The van der Waals surface area contributed by atoms with Crippen LogP contribution < -0.4 is 14.2 Å². The quantitative estimate of drug-likeness (QED) is 0.627. The Morgan fingerprint density at radius 3 is 2.44 bits per heavy atom. The van der Waals surface area contributed by atoms with Crippen LogP contribution in [0.5, 0.6) is 17.2 Å². The molecule has 0 aliphatic rings. The van der Waals surface area contributed by atoms with Crippen LogP contribution in [0.4, 0.5) is 0 Å². The van der Waals surface area contributed by atoms with Crippen molar-refractivity contribution in [3.63, 3.8) is 0 Å². The first-order chi connectivity index (χ1) is 13.0. The Balaban J connectivity index is 2.08. The molecule has 0 aliphatic heterocycles. The second kappa shape index (κ2) is 9.88. The number of hydrogen-bond acceptors (Lipinski definition) is 4. The van der Waals surface area contributed by atoms with Gasteiger partial charge >= 0.3 is 0 Å². The average molecular weight is 390 g/mol. The van der Waals surface area contributed by atoms with E-state index in [0.29, 0.717) is 29.7 Å². The molecule has 0 fully saturated rings. The molecular weight excluding hydrogens is 366 g/mol. The summed E-state index contributed by atoms with van der Waals surface area (Å²) in [5, 5.41) is 0.433. The van der Waals surface area contributed by atoms with E-state index in [-0.39, 0.29) is 5.91 Å². The van der Waals surface area contributed by atoms with E-state index < -0.39 is 0 Å². The minimum Gasteiger partial charge on any atom is -0.497 e. The largest absolute Gasteiger partial charge is 0.497 e. The number of methoxy groups -OCH3 is 2. The molecule has 0 unspecified atom stereocenters. The second-order valence-electron chi connectivity index (χ2n) is 5.84. The number of nitrogens with zero attached hydrogens (tertiary/aromatic N) is 1. The topological polar surface area (TPSA) is 48.0 Å². The maximum atomic E-state index is 12.4. The first-order valence-corrected chi connectivity index (χ1v) is 8.92. The Morgan fingerprint density at radius 2 is 1.85 bits per heavy atom. The molecule has 27 heavy (non-hydrogen) atoms. The van der Waals surface area contributed by atoms with E-state index >= 15 is 0 Å². The van der Waals surface area contributed by atoms with Gasteiger partial charge in [-0.2, -0.15) is 0 Å². The lowest BCUT2D eigenvalue weighted by atomic mass is 10.1. The van der Waals surface area contributed by atoms with Crippen molar-refractivity contribution in [2.24, 2.45) is 0 Å². The molecule has 1 amide bonds. The number of benzene rings is 2. The third-order valence-corrected chi connectivity index (χ3v) is 4.19. The third kappa shape index (κ3) is 5.66. The van der Waals surface area contributed by atoms with Gasteiger partial charge in [-0.25, -0.2) is 0 Å². The molecule has 5 nitrogen and oxygen atoms in total. The van der Waals surface area contributed by atoms with E-state index in [1.807, 2.05) is 31.2 Å². The van der Waals surface area contributed by atoms with E-state index in [2.05, 4.69) is 0 Å². The van der Waals surface area contributed by atoms with Gasteiger partial charge in [0.2, 0.25) is 5.91 Å². The van der Waals surface area contributed by atoms with Crippen molar-refractivity contribution in [3.05, 3.63) is 58.6 Å². The molecule has 2 rings (SSSR count). The van der Waals surface area contributed by atoms with Crippen LogP contribution in [0.2, 0.25) is 5.02 Å². The van der Waals surface area contributed by atoms with Gasteiger partial charge in [0, 0.05) is 19.7 Å². The minimum atomic E-state index is -0.115. The molecule has 0 atom stereocenters. The fourth-order valence-electron chi connectivity index (χ4n) is 2.52. The summed E-state index contributed by atoms with van der Waals surface area (Å²) in [5.74, 6) is 1.70. The third-order valence-electron chi connectivity index (χ3n) is 3.91. The Bertz CT molecular complexity index is 803. The van der Waals surface area contributed by atoms with Gasteiger partial charge in [-0.3, -0.25) is 4.79 Å². The lowest BCUT2D eigenvalue weighted by molar-refractivity contribution is -0.125. The smallest absolute Gasteiger partial charge is 0.246 e. The van der Waals surface area contributed by atoms with E-state index in [1.165, 1.54) is 13.2 Å². The molecule has 0 N–H and O–H groups in total. The van der Waals surface area contributed by atoms with E-state index in [0.717, 1.165) is 16.9 Å². The summed E-state index contributed by atoms with van der Waals surface area (Å²) in [5.41, 5.74) is 1.78. The van der Waals surface area contributed by atoms with Crippen LogP contribution in [0.1, 0.15) is 18.1 Å². The van der Waals surface area contributed by atoms with Crippen LogP contribution in [0, 0.1) is 0 Å². The zero-order valence-corrected chi connectivity index (χ0v) is 16.7. The van der Waals surface area contributed by atoms with Gasteiger partial charge in [0.15, 0.2) is 11.5 Å². The lowest BCUT2D eigenvalue weighted by Gasteiger charge is -2.15. The summed E-state index contributed by atoms with van der Waals surface area (Å²) in [6, 6.07) is 11.1. The molecule has 6 heteroatoms. The van der Waals surface area contributed by atoms with Gasteiger partial charge in [-0.05, 0) is 48.4 Å². The Kier molecular flexibility index (Phi) is 7.55. The van der Waals surface area contributed by atoms with Crippen molar-refractivity contribution in [2.45, 2.75) is 13.5 Å². The van der Waals surface area contributed by atoms with Gasteiger partial charge in [-0.1, -0.05) is 23.7 Å². The molecule has 0 spiro atoms. The molecule has 144 valence electrons. The first-order valence-electron chi connectivity index (χ1n) is 8.55. The predicted molar refractivity (Wildman–Crippen MR) is 108 cm³/mol. The van der Waals surface area contributed by atoms with Crippen LogP contribution in [-0.4, -0.2) is 38.7 Å². The molecule has 0 saturated carbocycles. The SMILES string of the molecule is CCOc1cc(/C=C/C(=O)N(C)Cc2ccc(OC)cc2)cc(Cl)c1OC. The maximum absolute atomic E-state index is 12.4.